The van der Waals surface area contributed by atoms with Gasteiger partial charge in [0.2, 0.25) is 0 Å². The third-order valence-corrected chi connectivity index (χ3v) is 4.82. The zero-order chi connectivity index (χ0) is 18.1. The van der Waals surface area contributed by atoms with Crippen LogP contribution in [0, 0.1) is 12.7 Å². The van der Waals surface area contributed by atoms with Crippen molar-refractivity contribution in [2.75, 3.05) is 6.54 Å². The molecule has 0 saturated carbocycles. The summed E-state index contributed by atoms with van der Waals surface area (Å²) in [5.74, 6) is 0.434. The minimum atomic E-state index is -0.188. The maximum Gasteiger partial charge on any atom is 0.255 e. The number of hydrogen-bond acceptors (Lipinski definition) is 3. The second kappa shape index (κ2) is 6.84. The lowest BCUT2D eigenvalue weighted by atomic mass is 10.0. The first kappa shape index (κ1) is 16.7. The van der Waals surface area contributed by atoms with E-state index in [9.17, 15) is 9.18 Å². The fourth-order valence-corrected chi connectivity index (χ4v) is 3.41. The summed E-state index contributed by atoms with van der Waals surface area (Å²) in [4.78, 5) is 22.4. The molecule has 1 aliphatic rings. The maximum absolute atomic E-state index is 13.4. The van der Waals surface area contributed by atoms with E-state index in [-0.39, 0.29) is 11.4 Å². The van der Waals surface area contributed by atoms with Crippen LogP contribution in [0.15, 0.2) is 53.3 Å². The van der Waals surface area contributed by atoms with E-state index in [0.29, 0.717) is 24.5 Å². The van der Waals surface area contributed by atoms with Gasteiger partial charge in [-0.25, -0.2) is 9.37 Å². The lowest BCUT2D eigenvalue weighted by Gasteiger charge is -2.27. The molecule has 0 atom stereocenters. The molecule has 0 bridgehead atoms. The van der Waals surface area contributed by atoms with Crippen molar-refractivity contribution in [2.24, 2.45) is 0 Å². The number of fused-ring (bicyclic) bond motifs is 1. The lowest BCUT2D eigenvalue weighted by molar-refractivity contribution is 0.241. The zero-order valence-corrected chi connectivity index (χ0v) is 14.6. The summed E-state index contributed by atoms with van der Waals surface area (Å²) in [6.07, 6.45) is 0.735. The number of aromatic nitrogens is 2. The van der Waals surface area contributed by atoms with Gasteiger partial charge < -0.3 is 4.98 Å². The standard InChI is InChI=1S/C21H20FN3O/c1-14-11-15(7-8-18(14)22)12-25-10-9-19-17(13-25)21(26)24-20(23-19)16-5-3-2-4-6-16/h2-8,11H,9-10,12-13H2,1H3,(H,23,24,26). The molecule has 0 aliphatic carbocycles. The Morgan fingerprint density at radius 3 is 2.77 bits per heavy atom. The van der Waals surface area contributed by atoms with E-state index in [1.165, 1.54) is 6.07 Å². The highest BCUT2D eigenvalue weighted by atomic mass is 19.1. The zero-order valence-electron chi connectivity index (χ0n) is 14.6. The number of H-pyrrole nitrogens is 1. The Hall–Kier alpha value is -2.79. The second-order valence-corrected chi connectivity index (χ2v) is 6.75. The Kier molecular flexibility index (Phi) is 4.39. The summed E-state index contributed by atoms with van der Waals surface area (Å²) in [5, 5.41) is 0. The lowest BCUT2D eigenvalue weighted by Crippen LogP contribution is -2.35. The van der Waals surface area contributed by atoms with Crippen LogP contribution in [-0.4, -0.2) is 21.4 Å². The average molecular weight is 349 g/mol. The summed E-state index contributed by atoms with van der Waals surface area (Å²) in [6.45, 7) is 3.85. The van der Waals surface area contributed by atoms with Crippen LogP contribution in [-0.2, 0) is 19.5 Å². The van der Waals surface area contributed by atoms with Crippen LogP contribution in [0.5, 0.6) is 0 Å². The average Bonchev–Trinajstić information content (AvgIpc) is 2.66. The van der Waals surface area contributed by atoms with Crippen molar-refractivity contribution >= 4 is 0 Å². The van der Waals surface area contributed by atoms with E-state index in [0.717, 1.165) is 35.3 Å². The molecule has 4 nitrogen and oxygen atoms in total. The summed E-state index contributed by atoms with van der Waals surface area (Å²) in [7, 11) is 0. The Labute approximate surface area is 151 Å². The molecule has 26 heavy (non-hydrogen) atoms. The van der Waals surface area contributed by atoms with E-state index in [4.69, 9.17) is 0 Å². The van der Waals surface area contributed by atoms with Crippen LogP contribution in [0.4, 0.5) is 4.39 Å². The molecule has 4 rings (SSSR count). The topological polar surface area (TPSA) is 49.0 Å². The first-order chi connectivity index (χ1) is 12.6. The predicted octanol–water partition coefficient (Wildman–Crippen LogP) is 3.44. The van der Waals surface area contributed by atoms with Crippen LogP contribution in [0.1, 0.15) is 22.4 Å². The van der Waals surface area contributed by atoms with Gasteiger partial charge in [0.05, 0.1) is 11.3 Å². The Bertz CT molecular complexity index is 998. The molecule has 0 amide bonds. The molecule has 0 spiro atoms. The third kappa shape index (κ3) is 3.30. The van der Waals surface area contributed by atoms with E-state index < -0.39 is 0 Å². The van der Waals surface area contributed by atoms with Gasteiger partial charge >= 0.3 is 0 Å². The Morgan fingerprint density at radius 2 is 2.00 bits per heavy atom. The van der Waals surface area contributed by atoms with Crippen LogP contribution < -0.4 is 5.56 Å². The molecule has 2 heterocycles. The van der Waals surface area contributed by atoms with E-state index >= 15 is 0 Å². The number of hydrogen-bond donors (Lipinski definition) is 1. The molecule has 132 valence electrons. The van der Waals surface area contributed by atoms with Crippen molar-refractivity contribution in [1.82, 2.24) is 14.9 Å². The number of nitrogens with one attached hydrogen (secondary N) is 1. The quantitative estimate of drug-likeness (QED) is 0.788. The summed E-state index contributed by atoms with van der Waals surface area (Å²) < 4.78 is 13.4. The predicted molar refractivity (Wildman–Crippen MR) is 99.2 cm³/mol. The number of benzene rings is 2. The van der Waals surface area contributed by atoms with Crippen molar-refractivity contribution in [3.05, 3.63) is 87.1 Å². The van der Waals surface area contributed by atoms with Crippen LogP contribution in [0.2, 0.25) is 0 Å². The van der Waals surface area contributed by atoms with Crippen LogP contribution in [0.3, 0.4) is 0 Å². The van der Waals surface area contributed by atoms with Crippen LogP contribution >= 0.6 is 0 Å². The van der Waals surface area contributed by atoms with E-state index in [1.807, 2.05) is 36.4 Å². The monoisotopic (exact) mass is 349 g/mol. The summed E-state index contributed by atoms with van der Waals surface area (Å²) in [6, 6.07) is 14.9. The van der Waals surface area contributed by atoms with Gasteiger partial charge in [-0.3, -0.25) is 9.69 Å². The van der Waals surface area contributed by atoms with Gasteiger partial charge in [0.15, 0.2) is 0 Å². The van der Waals surface area contributed by atoms with Gasteiger partial charge in [-0.15, -0.1) is 0 Å². The summed E-state index contributed by atoms with van der Waals surface area (Å²) in [5.41, 5.74) is 4.14. The molecule has 2 aromatic carbocycles. The van der Waals surface area contributed by atoms with Gasteiger partial charge in [0.1, 0.15) is 11.6 Å². The first-order valence-corrected chi connectivity index (χ1v) is 8.75. The molecule has 0 fully saturated rings. The second-order valence-electron chi connectivity index (χ2n) is 6.75. The van der Waals surface area contributed by atoms with Crippen molar-refractivity contribution in [2.45, 2.75) is 26.4 Å². The first-order valence-electron chi connectivity index (χ1n) is 8.75. The van der Waals surface area contributed by atoms with Gasteiger partial charge in [0.25, 0.3) is 5.56 Å². The molecular formula is C21H20FN3O. The molecule has 1 aliphatic heterocycles. The van der Waals surface area contributed by atoms with Crippen LogP contribution in [0.25, 0.3) is 11.4 Å². The number of rotatable bonds is 3. The summed E-state index contributed by atoms with van der Waals surface area (Å²) >= 11 is 0. The van der Waals surface area contributed by atoms with E-state index in [2.05, 4.69) is 14.9 Å². The van der Waals surface area contributed by atoms with Gasteiger partial charge in [-0.1, -0.05) is 42.5 Å². The van der Waals surface area contributed by atoms with Gasteiger partial charge in [-0.2, -0.15) is 0 Å². The fraction of sp³-hybridized carbons (Fsp3) is 0.238. The number of halogens is 1. The molecule has 5 heteroatoms. The Balaban J connectivity index is 1.57. The van der Waals surface area contributed by atoms with Crippen molar-refractivity contribution in [3.63, 3.8) is 0 Å². The minimum absolute atomic E-state index is 0.0751. The molecule has 0 unspecified atom stereocenters. The highest BCUT2D eigenvalue weighted by Crippen LogP contribution is 2.20. The number of aromatic amines is 1. The van der Waals surface area contributed by atoms with E-state index in [1.54, 1.807) is 13.0 Å². The molecule has 1 aromatic heterocycles. The Morgan fingerprint density at radius 1 is 1.19 bits per heavy atom. The minimum Gasteiger partial charge on any atom is -0.306 e. The highest BCUT2D eigenvalue weighted by Gasteiger charge is 2.21. The molecule has 0 saturated heterocycles. The van der Waals surface area contributed by atoms with Gasteiger partial charge in [-0.05, 0) is 24.1 Å². The number of aryl methyl sites for hydroxylation is 1. The fourth-order valence-electron chi connectivity index (χ4n) is 3.41. The molecule has 1 N–H and O–H groups in total. The number of nitrogens with zero attached hydrogens (tertiary/aromatic N) is 2. The third-order valence-electron chi connectivity index (χ3n) is 4.82. The maximum atomic E-state index is 13.4. The van der Waals surface area contributed by atoms with Crippen molar-refractivity contribution in [3.8, 4) is 11.4 Å². The van der Waals surface area contributed by atoms with Crippen molar-refractivity contribution in [1.29, 1.82) is 0 Å². The molecular weight excluding hydrogens is 329 g/mol. The van der Waals surface area contributed by atoms with Gasteiger partial charge in [0, 0.05) is 31.6 Å². The molecule has 3 aromatic rings. The molecule has 0 radical (unpaired) electrons. The normalized spacial score (nSPS) is 14.2. The smallest absolute Gasteiger partial charge is 0.255 e. The van der Waals surface area contributed by atoms with Crippen molar-refractivity contribution < 1.29 is 4.39 Å². The highest BCUT2D eigenvalue weighted by molar-refractivity contribution is 5.54. The SMILES string of the molecule is Cc1cc(CN2CCc3nc(-c4ccccc4)[nH]c(=O)c3C2)ccc1F. The largest absolute Gasteiger partial charge is 0.306 e.